The quantitative estimate of drug-likeness (QED) is 0.463. The third kappa shape index (κ3) is 5.42. The smallest absolute Gasteiger partial charge is 0.289 e. The number of furan rings is 1. The summed E-state index contributed by atoms with van der Waals surface area (Å²) in [5, 5.41) is 0. The number of piperazine rings is 1. The fraction of sp³-hybridized carbons (Fsp3) is 0.400. The second-order valence-corrected chi connectivity index (χ2v) is 10.5. The van der Waals surface area contributed by atoms with Crippen LogP contribution < -0.4 is 9.64 Å². The molecular formula is C30H35N3O4. The van der Waals surface area contributed by atoms with Gasteiger partial charge in [0, 0.05) is 32.7 Å². The van der Waals surface area contributed by atoms with Crippen LogP contribution in [0.4, 0.5) is 5.69 Å². The average Bonchev–Trinajstić information content (AvgIpc) is 3.39. The molecule has 5 rings (SSSR count). The first-order chi connectivity index (χ1) is 17.8. The van der Waals surface area contributed by atoms with Gasteiger partial charge in [0.2, 0.25) is 0 Å². The zero-order chi connectivity index (χ0) is 26.0. The fourth-order valence-corrected chi connectivity index (χ4v) is 4.84. The minimum atomic E-state index is -0.127. The van der Waals surface area contributed by atoms with Crippen molar-refractivity contribution in [2.45, 2.75) is 45.7 Å². The van der Waals surface area contributed by atoms with E-state index in [9.17, 15) is 9.59 Å². The molecule has 0 radical (unpaired) electrons. The summed E-state index contributed by atoms with van der Waals surface area (Å²) in [6.45, 7) is 10.6. The number of nitrogens with zero attached hydrogens (tertiary/aromatic N) is 3. The third-order valence-electron chi connectivity index (χ3n) is 7.66. The molecule has 37 heavy (non-hydrogen) atoms. The molecule has 3 heterocycles. The molecule has 3 aromatic rings. The van der Waals surface area contributed by atoms with E-state index in [1.807, 2.05) is 23.1 Å². The summed E-state index contributed by atoms with van der Waals surface area (Å²) < 4.78 is 11.7. The van der Waals surface area contributed by atoms with Crippen molar-refractivity contribution < 1.29 is 18.7 Å². The van der Waals surface area contributed by atoms with E-state index in [4.69, 9.17) is 9.15 Å². The van der Waals surface area contributed by atoms with E-state index in [2.05, 4.69) is 56.0 Å². The first kappa shape index (κ1) is 25.1. The molecule has 0 atom stereocenters. The molecule has 7 nitrogen and oxygen atoms in total. The third-order valence-corrected chi connectivity index (χ3v) is 7.66. The van der Waals surface area contributed by atoms with Gasteiger partial charge in [0.25, 0.3) is 11.8 Å². The molecule has 1 saturated heterocycles. The van der Waals surface area contributed by atoms with Crippen molar-refractivity contribution in [3.63, 3.8) is 0 Å². The number of ether oxygens (including phenoxy) is 1. The van der Waals surface area contributed by atoms with Gasteiger partial charge in [-0.2, -0.15) is 0 Å². The van der Waals surface area contributed by atoms with Crippen molar-refractivity contribution in [3.05, 3.63) is 83.3 Å². The molecule has 1 aromatic heterocycles. The Morgan fingerprint density at radius 3 is 2.43 bits per heavy atom. The van der Waals surface area contributed by atoms with E-state index in [0.29, 0.717) is 30.4 Å². The maximum atomic E-state index is 13.1. The molecule has 0 saturated carbocycles. The van der Waals surface area contributed by atoms with Gasteiger partial charge in [-0.1, -0.05) is 57.2 Å². The van der Waals surface area contributed by atoms with E-state index in [0.717, 1.165) is 37.3 Å². The SMILES string of the molecule is CCC(C)(C)c1ccc2c(c1)N(Cc1ccc(C(=O)N3CCN(Cc4ccccc4)CC3)o1)C(=O)CO2. The number of fused-ring (bicyclic) bond motifs is 1. The van der Waals surface area contributed by atoms with Crippen LogP contribution in [0.25, 0.3) is 0 Å². The average molecular weight is 502 g/mol. The summed E-state index contributed by atoms with van der Waals surface area (Å²) >= 11 is 0. The molecule has 194 valence electrons. The lowest BCUT2D eigenvalue weighted by Crippen LogP contribution is -2.48. The van der Waals surface area contributed by atoms with Gasteiger partial charge in [-0.3, -0.25) is 19.4 Å². The Morgan fingerprint density at radius 1 is 0.946 bits per heavy atom. The predicted octanol–water partition coefficient (Wildman–Crippen LogP) is 4.85. The minimum Gasteiger partial charge on any atom is -0.482 e. The van der Waals surface area contributed by atoms with Crippen molar-refractivity contribution in [3.8, 4) is 5.75 Å². The number of carbonyl (C=O) groups excluding carboxylic acids is 2. The van der Waals surface area contributed by atoms with E-state index in [1.54, 1.807) is 17.0 Å². The van der Waals surface area contributed by atoms with Crippen LogP contribution in [0.2, 0.25) is 0 Å². The normalized spacial score (nSPS) is 16.5. The second kappa shape index (κ2) is 10.4. The van der Waals surface area contributed by atoms with Crippen LogP contribution in [0.1, 0.15) is 54.6 Å². The molecule has 1 fully saturated rings. The van der Waals surface area contributed by atoms with Crippen molar-refractivity contribution in [1.29, 1.82) is 0 Å². The summed E-state index contributed by atoms with van der Waals surface area (Å²) in [6.07, 6.45) is 0.977. The number of anilines is 1. The van der Waals surface area contributed by atoms with E-state index in [1.165, 1.54) is 5.56 Å². The molecule has 2 aliphatic rings. The highest BCUT2D eigenvalue weighted by atomic mass is 16.5. The van der Waals surface area contributed by atoms with Crippen LogP contribution in [0.3, 0.4) is 0 Å². The van der Waals surface area contributed by atoms with Crippen LogP contribution in [-0.2, 0) is 23.3 Å². The van der Waals surface area contributed by atoms with Gasteiger partial charge in [0.05, 0.1) is 12.2 Å². The number of rotatable bonds is 7. The lowest BCUT2D eigenvalue weighted by atomic mass is 9.82. The molecule has 2 aromatic carbocycles. The van der Waals surface area contributed by atoms with Crippen molar-refractivity contribution in [2.24, 2.45) is 0 Å². The molecule has 2 aliphatic heterocycles. The highest BCUT2D eigenvalue weighted by molar-refractivity contribution is 5.98. The second-order valence-electron chi connectivity index (χ2n) is 10.5. The lowest BCUT2D eigenvalue weighted by molar-refractivity contribution is -0.121. The van der Waals surface area contributed by atoms with Crippen LogP contribution in [0, 0.1) is 0 Å². The monoisotopic (exact) mass is 501 g/mol. The zero-order valence-electron chi connectivity index (χ0n) is 21.9. The fourth-order valence-electron chi connectivity index (χ4n) is 4.84. The van der Waals surface area contributed by atoms with Crippen LogP contribution in [-0.4, -0.2) is 54.4 Å². The number of benzene rings is 2. The Kier molecular flexibility index (Phi) is 7.07. The Morgan fingerprint density at radius 2 is 1.70 bits per heavy atom. The summed E-state index contributed by atoms with van der Waals surface area (Å²) in [5.41, 5.74) is 3.16. The molecule has 0 bridgehead atoms. The van der Waals surface area contributed by atoms with E-state index < -0.39 is 0 Å². The number of hydrogen-bond donors (Lipinski definition) is 0. The van der Waals surface area contributed by atoms with E-state index >= 15 is 0 Å². The Balaban J connectivity index is 1.24. The molecule has 0 N–H and O–H groups in total. The molecule has 7 heteroatoms. The maximum absolute atomic E-state index is 13.1. The number of hydrogen-bond acceptors (Lipinski definition) is 5. The van der Waals surface area contributed by atoms with Crippen LogP contribution in [0.15, 0.2) is 65.1 Å². The molecule has 2 amide bonds. The standard InChI is InChI=1S/C30H35N3O4/c1-4-30(2,3)23-10-12-26-25(18-23)33(28(34)21-36-26)20-24-11-13-27(37-24)29(35)32-16-14-31(15-17-32)19-22-8-6-5-7-9-22/h5-13,18H,4,14-17,19-21H2,1-3H3. The Bertz CT molecular complexity index is 1260. The number of amides is 2. The first-order valence-corrected chi connectivity index (χ1v) is 13.1. The van der Waals surface area contributed by atoms with Gasteiger partial charge in [0.1, 0.15) is 11.5 Å². The summed E-state index contributed by atoms with van der Waals surface area (Å²) in [5.74, 6) is 1.34. The lowest BCUT2D eigenvalue weighted by Gasteiger charge is -2.34. The topological polar surface area (TPSA) is 66.2 Å². The Labute approximate surface area is 218 Å². The van der Waals surface area contributed by atoms with Crippen molar-refractivity contribution >= 4 is 17.5 Å². The van der Waals surface area contributed by atoms with Gasteiger partial charge in [-0.25, -0.2) is 0 Å². The summed E-state index contributed by atoms with van der Waals surface area (Å²) in [7, 11) is 0. The van der Waals surface area contributed by atoms with Gasteiger partial charge < -0.3 is 14.1 Å². The maximum Gasteiger partial charge on any atom is 0.289 e. The summed E-state index contributed by atoms with van der Waals surface area (Å²) in [4.78, 5) is 31.9. The highest BCUT2D eigenvalue weighted by Gasteiger charge is 2.30. The van der Waals surface area contributed by atoms with Crippen molar-refractivity contribution in [2.75, 3.05) is 37.7 Å². The number of carbonyl (C=O) groups is 2. The van der Waals surface area contributed by atoms with Gasteiger partial charge >= 0.3 is 0 Å². The zero-order valence-corrected chi connectivity index (χ0v) is 21.9. The van der Waals surface area contributed by atoms with Gasteiger partial charge in [-0.05, 0) is 47.2 Å². The molecule has 0 aliphatic carbocycles. The first-order valence-electron chi connectivity index (χ1n) is 13.1. The van der Waals surface area contributed by atoms with Gasteiger partial charge in [-0.15, -0.1) is 0 Å². The Hall–Kier alpha value is -3.58. The molecule has 0 unspecified atom stereocenters. The predicted molar refractivity (Wildman–Crippen MR) is 143 cm³/mol. The molecular weight excluding hydrogens is 466 g/mol. The minimum absolute atomic E-state index is 0.0106. The van der Waals surface area contributed by atoms with Crippen LogP contribution in [0.5, 0.6) is 5.75 Å². The van der Waals surface area contributed by atoms with Gasteiger partial charge in [0.15, 0.2) is 12.4 Å². The van der Waals surface area contributed by atoms with Crippen LogP contribution >= 0.6 is 0 Å². The largest absolute Gasteiger partial charge is 0.482 e. The summed E-state index contributed by atoms with van der Waals surface area (Å²) in [6, 6.07) is 20.0. The molecule has 0 spiro atoms. The van der Waals surface area contributed by atoms with Crippen molar-refractivity contribution in [1.82, 2.24) is 9.80 Å². The van der Waals surface area contributed by atoms with E-state index in [-0.39, 0.29) is 30.4 Å². The highest BCUT2D eigenvalue weighted by Crippen LogP contribution is 2.38.